The van der Waals surface area contributed by atoms with Crippen LogP contribution in [-0.2, 0) is 10.0 Å². The molecule has 0 aliphatic carbocycles. The minimum atomic E-state index is -3.21. The lowest BCUT2D eigenvalue weighted by Gasteiger charge is -2.35. The van der Waals surface area contributed by atoms with E-state index < -0.39 is 10.0 Å². The minimum absolute atomic E-state index is 0.623. The summed E-state index contributed by atoms with van der Waals surface area (Å²) in [5, 5.41) is 0. The normalized spacial score (nSPS) is 17.5. The zero-order valence-electron chi connectivity index (χ0n) is 11.5. The minimum Gasteiger partial charge on any atom is -0.369 e. The molecule has 0 amide bonds. The van der Waals surface area contributed by atoms with E-state index in [0.29, 0.717) is 5.69 Å². The Morgan fingerprint density at radius 1 is 1.21 bits per heavy atom. The van der Waals surface area contributed by atoms with Gasteiger partial charge in [-0.3, -0.25) is 4.72 Å². The summed E-state index contributed by atoms with van der Waals surface area (Å²) in [4.78, 5) is 4.70. The summed E-state index contributed by atoms with van der Waals surface area (Å²) in [6, 6.07) is 7.57. The van der Waals surface area contributed by atoms with Crippen LogP contribution >= 0.6 is 0 Å². The molecule has 0 atom stereocenters. The molecule has 5 nitrogen and oxygen atoms in total. The Bertz CT molecular complexity index is 522. The van der Waals surface area contributed by atoms with E-state index in [1.54, 1.807) is 6.07 Å². The first-order valence-electron chi connectivity index (χ1n) is 6.53. The average Bonchev–Trinajstić information content (AvgIpc) is 2.37. The SMILES string of the molecule is CCN1CCN(c2cccc(NS(C)(=O)=O)c2)CC1. The van der Waals surface area contributed by atoms with Crippen LogP contribution in [0.25, 0.3) is 0 Å². The van der Waals surface area contributed by atoms with Crippen molar-refractivity contribution in [1.82, 2.24) is 4.90 Å². The van der Waals surface area contributed by atoms with Gasteiger partial charge < -0.3 is 9.80 Å². The van der Waals surface area contributed by atoms with Crippen LogP contribution in [0.15, 0.2) is 24.3 Å². The predicted molar refractivity (Wildman–Crippen MR) is 79.2 cm³/mol. The molecule has 0 radical (unpaired) electrons. The summed E-state index contributed by atoms with van der Waals surface area (Å²) in [7, 11) is -3.21. The van der Waals surface area contributed by atoms with Crippen LogP contribution < -0.4 is 9.62 Å². The number of rotatable bonds is 4. The van der Waals surface area contributed by atoms with Gasteiger partial charge in [-0.2, -0.15) is 0 Å². The molecule has 19 heavy (non-hydrogen) atoms. The van der Waals surface area contributed by atoms with Gasteiger partial charge in [0.25, 0.3) is 0 Å². The van der Waals surface area contributed by atoms with Crippen LogP contribution in [0.4, 0.5) is 11.4 Å². The molecule has 1 aromatic rings. The highest BCUT2D eigenvalue weighted by Gasteiger charge is 2.16. The predicted octanol–water partition coefficient (Wildman–Crippen LogP) is 1.20. The molecular weight excluding hydrogens is 262 g/mol. The lowest BCUT2D eigenvalue weighted by atomic mass is 10.2. The maximum absolute atomic E-state index is 11.2. The molecule has 1 N–H and O–H groups in total. The van der Waals surface area contributed by atoms with E-state index in [1.807, 2.05) is 18.2 Å². The van der Waals surface area contributed by atoms with Crippen molar-refractivity contribution < 1.29 is 8.42 Å². The second-order valence-electron chi connectivity index (χ2n) is 4.85. The Kier molecular flexibility index (Phi) is 4.31. The summed E-state index contributed by atoms with van der Waals surface area (Å²) in [6.07, 6.45) is 1.17. The highest BCUT2D eigenvalue weighted by molar-refractivity contribution is 7.92. The van der Waals surface area contributed by atoms with Crippen LogP contribution in [0, 0.1) is 0 Å². The number of hydrogen-bond acceptors (Lipinski definition) is 4. The van der Waals surface area contributed by atoms with Gasteiger partial charge in [0.2, 0.25) is 10.0 Å². The van der Waals surface area contributed by atoms with Crippen LogP contribution in [0.5, 0.6) is 0 Å². The Balaban J connectivity index is 2.07. The van der Waals surface area contributed by atoms with Gasteiger partial charge in [0, 0.05) is 31.9 Å². The Morgan fingerprint density at radius 2 is 1.89 bits per heavy atom. The Hall–Kier alpha value is -1.27. The van der Waals surface area contributed by atoms with Crippen LogP contribution in [0.3, 0.4) is 0 Å². The van der Waals surface area contributed by atoms with Crippen molar-refractivity contribution in [3.63, 3.8) is 0 Å². The monoisotopic (exact) mass is 283 g/mol. The topological polar surface area (TPSA) is 52.6 Å². The standard InChI is InChI=1S/C13H21N3O2S/c1-3-15-7-9-16(10-8-15)13-6-4-5-12(11-13)14-19(2,17)18/h4-6,11,14H,3,7-10H2,1-2H3. The molecule has 106 valence electrons. The van der Waals surface area contributed by atoms with Crippen molar-refractivity contribution in [3.05, 3.63) is 24.3 Å². The zero-order valence-corrected chi connectivity index (χ0v) is 12.3. The quantitative estimate of drug-likeness (QED) is 0.902. The fraction of sp³-hybridized carbons (Fsp3) is 0.538. The van der Waals surface area contributed by atoms with Gasteiger partial charge in [-0.1, -0.05) is 13.0 Å². The molecule has 1 aliphatic heterocycles. The average molecular weight is 283 g/mol. The van der Waals surface area contributed by atoms with Crippen molar-refractivity contribution in [2.75, 3.05) is 48.6 Å². The summed E-state index contributed by atoms with van der Waals surface area (Å²) >= 11 is 0. The van der Waals surface area contributed by atoms with Gasteiger partial charge in [-0.25, -0.2) is 8.42 Å². The third-order valence-electron chi connectivity index (χ3n) is 3.33. The molecule has 2 rings (SSSR count). The number of likely N-dealkylation sites (N-methyl/N-ethyl adjacent to an activating group) is 1. The lowest BCUT2D eigenvalue weighted by Crippen LogP contribution is -2.46. The first kappa shape index (κ1) is 14.1. The van der Waals surface area contributed by atoms with Crippen LogP contribution in [0.1, 0.15) is 6.92 Å². The van der Waals surface area contributed by atoms with Crippen molar-refractivity contribution in [3.8, 4) is 0 Å². The van der Waals surface area contributed by atoms with Gasteiger partial charge >= 0.3 is 0 Å². The summed E-state index contributed by atoms with van der Waals surface area (Å²) in [5.74, 6) is 0. The summed E-state index contributed by atoms with van der Waals surface area (Å²) in [5.41, 5.74) is 1.70. The van der Waals surface area contributed by atoms with Crippen LogP contribution in [0.2, 0.25) is 0 Å². The number of hydrogen-bond donors (Lipinski definition) is 1. The van der Waals surface area contributed by atoms with Crippen molar-refractivity contribution >= 4 is 21.4 Å². The molecule has 0 saturated carbocycles. The number of nitrogens with zero attached hydrogens (tertiary/aromatic N) is 2. The molecule has 1 aromatic carbocycles. The highest BCUT2D eigenvalue weighted by atomic mass is 32.2. The van der Waals surface area contributed by atoms with Crippen LogP contribution in [-0.4, -0.2) is 52.3 Å². The third-order valence-corrected chi connectivity index (χ3v) is 3.94. The molecule has 0 unspecified atom stereocenters. The number of piperazine rings is 1. The largest absolute Gasteiger partial charge is 0.369 e. The molecule has 1 aliphatic rings. The second kappa shape index (κ2) is 5.79. The molecule has 0 bridgehead atoms. The fourth-order valence-corrected chi connectivity index (χ4v) is 2.86. The number of benzene rings is 1. The molecule has 0 aromatic heterocycles. The van der Waals surface area contributed by atoms with E-state index in [4.69, 9.17) is 0 Å². The molecule has 1 heterocycles. The molecule has 6 heteroatoms. The smallest absolute Gasteiger partial charge is 0.229 e. The summed E-state index contributed by atoms with van der Waals surface area (Å²) in [6.45, 7) is 7.34. The van der Waals surface area contributed by atoms with E-state index in [-0.39, 0.29) is 0 Å². The van der Waals surface area contributed by atoms with Crippen molar-refractivity contribution in [1.29, 1.82) is 0 Å². The number of sulfonamides is 1. The Morgan fingerprint density at radius 3 is 2.47 bits per heavy atom. The first-order valence-corrected chi connectivity index (χ1v) is 8.42. The fourth-order valence-electron chi connectivity index (χ4n) is 2.30. The Labute approximate surface area is 115 Å². The van der Waals surface area contributed by atoms with E-state index in [2.05, 4.69) is 21.4 Å². The zero-order chi connectivity index (χ0) is 13.9. The van der Waals surface area contributed by atoms with E-state index in [1.165, 1.54) is 6.26 Å². The van der Waals surface area contributed by atoms with Gasteiger partial charge in [-0.05, 0) is 24.7 Å². The van der Waals surface area contributed by atoms with Gasteiger partial charge in [-0.15, -0.1) is 0 Å². The molecule has 1 fully saturated rings. The second-order valence-corrected chi connectivity index (χ2v) is 6.59. The first-order chi connectivity index (χ1) is 8.98. The van der Waals surface area contributed by atoms with E-state index in [9.17, 15) is 8.42 Å². The maximum atomic E-state index is 11.2. The number of nitrogens with one attached hydrogen (secondary N) is 1. The maximum Gasteiger partial charge on any atom is 0.229 e. The molecule has 0 spiro atoms. The lowest BCUT2D eigenvalue weighted by molar-refractivity contribution is 0.271. The molecule has 1 saturated heterocycles. The van der Waals surface area contributed by atoms with Gasteiger partial charge in [0.1, 0.15) is 0 Å². The van der Waals surface area contributed by atoms with Crippen molar-refractivity contribution in [2.45, 2.75) is 6.92 Å². The summed E-state index contributed by atoms with van der Waals surface area (Å²) < 4.78 is 25.0. The number of anilines is 2. The van der Waals surface area contributed by atoms with E-state index >= 15 is 0 Å². The van der Waals surface area contributed by atoms with Crippen molar-refractivity contribution in [2.24, 2.45) is 0 Å². The van der Waals surface area contributed by atoms with Gasteiger partial charge in [0.05, 0.1) is 11.9 Å². The van der Waals surface area contributed by atoms with E-state index in [0.717, 1.165) is 38.4 Å². The molecular formula is C13H21N3O2S. The third kappa shape index (κ3) is 4.11. The van der Waals surface area contributed by atoms with Gasteiger partial charge in [0.15, 0.2) is 0 Å². The highest BCUT2D eigenvalue weighted by Crippen LogP contribution is 2.21.